The zero-order valence-corrected chi connectivity index (χ0v) is 21.8. The Hall–Kier alpha value is -1.65. The van der Waals surface area contributed by atoms with E-state index in [0.29, 0.717) is 18.0 Å². The van der Waals surface area contributed by atoms with Crippen molar-refractivity contribution in [2.75, 3.05) is 13.1 Å². The Morgan fingerprint density at radius 1 is 0.857 bits per heavy atom. The Labute approximate surface area is 212 Å². The highest BCUT2D eigenvalue weighted by Crippen LogP contribution is 2.38. The van der Waals surface area contributed by atoms with Crippen LogP contribution in [0.3, 0.4) is 0 Å². The predicted octanol–water partition coefficient (Wildman–Crippen LogP) is 6.66. The van der Waals surface area contributed by atoms with Gasteiger partial charge in [0.2, 0.25) is 0 Å². The third kappa shape index (κ3) is 5.25. The summed E-state index contributed by atoms with van der Waals surface area (Å²) < 4.78 is 2.49. The summed E-state index contributed by atoms with van der Waals surface area (Å²) in [6.45, 7) is 3.21. The molecule has 4 nitrogen and oxygen atoms in total. The third-order valence-corrected chi connectivity index (χ3v) is 9.80. The van der Waals surface area contributed by atoms with Gasteiger partial charge in [-0.05, 0) is 74.0 Å². The van der Waals surface area contributed by atoms with Crippen molar-refractivity contribution in [3.63, 3.8) is 0 Å². The van der Waals surface area contributed by atoms with E-state index in [9.17, 15) is 0 Å². The molecule has 0 saturated heterocycles. The van der Waals surface area contributed by atoms with Crippen molar-refractivity contribution in [3.8, 4) is 11.3 Å². The van der Waals surface area contributed by atoms with E-state index < -0.39 is 0 Å². The second kappa shape index (κ2) is 10.8. The Kier molecular flexibility index (Phi) is 7.30. The van der Waals surface area contributed by atoms with Crippen LogP contribution in [0.2, 0.25) is 0 Å². The Bertz CT molecular complexity index is 982. The second-order valence-electron chi connectivity index (χ2n) is 12.2. The maximum atomic E-state index is 6.89. The lowest BCUT2D eigenvalue weighted by atomic mass is 9.82. The number of nitrogens with two attached hydrogens (primary N) is 1. The number of aromatic nitrogens is 2. The average molecular weight is 475 g/mol. The molecule has 2 atom stereocenters. The van der Waals surface area contributed by atoms with Crippen LogP contribution >= 0.6 is 0 Å². The fourth-order valence-electron chi connectivity index (χ4n) is 7.66. The quantitative estimate of drug-likeness (QED) is 0.509. The number of hydrogen-bond acceptors (Lipinski definition) is 3. The lowest BCUT2D eigenvalue weighted by molar-refractivity contribution is 0.0995. The highest BCUT2D eigenvalue weighted by Gasteiger charge is 2.34. The average Bonchev–Trinajstić information content (AvgIpc) is 3.36. The van der Waals surface area contributed by atoms with Gasteiger partial charge in [0.1, 0.15) is 5.82 Å². The highest BCUT2D eigenvalue weighted by atomic mass is 15.3. The van der Waals surface area contributed by atoms with Gasteiger partial charge in [-0.2, -0.15) is 0 Å². The third-order valence-electron chi connectivity index (χ3n) is 9.80. The minimum absolute atomic E-state index is 0.311. The van der Waals surface area contributed by atoms with E-state index in [1.807, 2.05) is 0 Å². The molecular weight excluding hydrogens is 428 g/mol. The maximum Gasteiger partial charge on any atom is 0.126 e. The molecule has 1 aliphatic heterocycles. The van der Waals surface area contributed by atoms with Crippen LogP contribution in [0, 0.1) is 11.8 Å². The first-order chi connectivity index (χ1) is 17.2. The summed E-state index contributed by atoms with van der Waals surface area (Å²) in [5, 5.41) is 0. The molecule has 0 bridgehead atoms. The summed E-state index contributed by atoms with van der Waals surface area (Å²) in [5.41, 5.74) is 12.5. The van der Waals surface area contributed by atoms with Crippen molar-refractivity contribution in [1.82, 2.24) is 14.5 Å². The summed E-state index contributed by atoms with van der Waals surface area (Å²) in [7, 11) is 0. The molecule has 1 aromatic carbocycles. The molecule has 2 N–H and O–H groups in total. The number of nitrogens with zero attached hydrogens (tertiary/aromatic N) is 3. The maximum absolute atomic E-state index is 6.89. The van der Waals surface area contributed by atoms with Crippen molar-refractivity contribution in [3.05, 3.63) is 41.3 Å². The number of aryl methyl sites for hydroxylation is 2. The number of benzene rings is 1. The molecule has 0 unspecified atom stereocenters. The Morgan fingerprint density at radius 2 is 1.60 bits per heavy atom. The smallest absolute Gasteiger partial charge is 0.126 e. The Balaban J connectivity index is 1.26. The first kappa shape index (κ1) is 23.7. The molecule has 190 valence electrons. The fourth-order valence-corrected chi connectivity index (χ4v) is 7.66. The molecule has 2 saturated carbocycles. The van der Waals surface area contributed by atoms with E-state index in [-0.39, 0.29) is 0 Å². The first-order valence-electron chi connectivity index (χ1n) is 14.9. The zero-order chi connectivity index (χ0) is 23.6. The molecule has 35 heavy (non-hydrogen) atoms. The van der Waals surface area contributed by atoms with Crippen LogP contribution in [0.15, 0.2) is 24.4 Å². The molecule has 4 aliphatic rings. The van der Waals surface area contributed by atoms with Gasteiger partial charge in [-0.25, -0.2) is 4.98 Å². The van der Waals surface area contributed by atoms with Crippen molar-refractivity contribution >= 4 is 0 Å². The molecule has 0 amide bonds. The number of imidazole rings is 1. The van der Waals surface area contributed by atoms with E-state index >= 15 is 0 Å². The topological polar surface area (TPSA) is 47.1 Å². The lowest BCUT2D eigenvalue weighted by Crippen LogP contribution is -2.48. The van der Waals surface area contributed by atoms with Gasteiger partial charge in [-0.15, -0.1) is 0 Å². The molecule has 0 spiro atoms. The van der Waals surface area contributed by atoms with Gasteiger partial charge in [0.05, 0.1) is 11.7 Å². The van der Waals surface area contributed by atoms with Crippen molar-refractivity contribution < 1.29 is 0 Å². The van der Waals surface area contributed by atoms with E-state index in [4.69, 9.17) is 10.7 Å². The van der Waals surface area contributed by atoms with Crippen molar-refractivity contribution in [2.45, 2.75) is 115 Å². The minimum Gasteiger partial charge on any atom is -0.332 e. The van der Waals surface area contributed by atoms with E-state index in [2.05, 4.69) is 33.9 Å². The van der Waals surface area contributed by atoms with Gasteiger partial charge in [0.25, 0.3) is 0 Å². The van der Waals surface area contributed by atoms with Gasteiger partial charge < -0.3 is 10.3 Å². The summed E-state index contributed by atoms with van der Waals surface area (Å²) in [6.07, 6.45) is 22.6. The largest absolute Gasteiger partial charge is 0.332 e. The van der Waals surface area contributed by atoms with Gasteiger partial charge in [-0.1, -0.05) is 63.5 Å². The van der Waals surface area contributed by atoms with Crippen molar-refractivity contribution in [2.24, 2.45) is 17.6 Å². The lowest BCUT2D eigenvalue weighted by Gasteiger charge is -2.41. The number of hydrogen-bond donors (Lipinski definition) is 1. The summed E-state index contributed by atoms with van der Waals surface area (Å²) in [5.74, 6) is 2.87. The molecule has 1 aromatic heterocycles. The van der Waals surface area contributed by atoms with Crippen LogP contribution in [0.4, 0.5) is 0 Å². The van der Waals surface area contributed by atoms with E-state index in [1.54, 1.807) is 11.1 Å². The molecule has 2 fully saturated rings. The highest BCUT2D eigenvalue weighted by molar-refractivity contribution is 5.61. The van der Waals surface area contributed by atoms with Gasteiger partial charge >= 0.3 is 0 Å². The first-order valence-corrected chi connectivity index (χ1v) is 14.9. The van der Waals surface area contributed by atoms with E-state index in [0.717, 1.165) is 25.6 Å². The van der Waals surface area contributed by atoms with Crippen LogP contribution in [-0.2, 0) is 19.4 Å². The summed E-state index contributed by atoms with van der Waals surface area (Å²) in [4.78, 5) is 8.11. The molecule has 0 radical (unpaired) electrons. The standard InChI is InChI=1S/C31H46N4/c32-28(25-12-5-2-6-13-25)21-34-17-18-35-22-29(27-16-15-24-11-7-8-14-26(24)20-27)33-31(35)30(34)19-23-9-3-1-4-10-23/h15-16,20,22-23,25,28,30H,1-14,17-19,21,32H2/t28-,30+/m1/s1. The number of rotatable bonds is 6. The normalized spacial score (nSPS) is 25.2. The SMILES string of the molecule is N[C@H](CN1CCn2cc(-c3ccc4c(c3)CCCC4)nc2[C@@H]1CC1CCCCC1)C1CCCCC1. The predicted molar refractivity (Wildman–Crippen MR) is 144 cm³/mol. The van der Waals surface area contributed by atoms with Gasteiger partial charge in [0.15, 0.2) is 0 Å². The number of fused-ring (bicyclic) bond motifs is 2. The summed E-state index contributed by atoms with van der Waals surface area (Å²) in [6, 6.07) is 7.87. The van der Waals surface area contributed by atoms with Crippen LogP contribution in [0.1, 0.15) is 106 Å². The van der Waals surface area contributed by atoms with Crippen LogP contribution < -0.4 is 5.73 Å². The van der Waals surface area contributed by atoms with Crippen LogP contribution in [0.25, 0.3) is 11.3 Å². The van der Waals surface area contributed by atoms with Crippen LogP contribution in [-0.4, -0.2) is 33.6 Å². The van der Waals surface area contributed by atoms with E-state index in [1.165, 1.54) is 113 Å². The monoisotopic (exact) mass is 474 g/mol. The molecular formula is C31H46N4. The molecule has 3 aliphatic carbocycles. The molecule has 6 rings (SSSR count). The molecule has 2 aromatic rings. The van der Waals surface area contributed by atoms with Gasteiger partial charge in [-0.3, -0.25) is 4.90 Å². The summed E-state index contributed by atoms with van der Waals surface area (Å²) >= 11 is 0. The van der Waals surface area contributed by atoms with Gasteiger partial charge in [0, 0.05) is 37.4 Å². The second-order valence-corrected chi connectivity index (χ2v) is 12.2. The Morgan fingerprint density at radius 3 is 2.40 bits per heavy atom. The van der Waals surface area contributed by atoms with Crippen molar-refractivity contribution in [1.29, 1.82) is 0 Å². The molecule has 2 heterocycles. The zero-order valence-electron chi connectivity index (χ0n) is 21.8. The van der Waals surface area contributed by atoms with Crippen LogP contribution in [0.5, 0.6) is 0 Å². The fraction of sp³-hybridized carbons (Fsp3) is 0.710. The molecule has 4 heteroatoms. The minimum atomic E-state index is 0.311.